The van der Waals surface area contributed by atoms with Crippen molar-refractivity contribution in [3.05, 3.63) is 76.3 Å². The molecule has 0 bridgehead atoms. The van der Waals surface area contributed by atoms with E-state index in [4.69, 9.17) is 4.74 Å². The van der Waals surface area contributed by atoms with Crippen molar-refractivity contribution in [2.75, 3.05) is 18.5 Å². The normalized spacial score (nSPS) is 22.7. The SMILES string of the molecule is Fc1ccccc1C12OCCN1C=CNc1ccc(Br)cc12. The second kappa shape index (κ2) is 5.11. The second-order valence-electron chi connectivity index (χ2n) is 5.32. The van der Waals surface area contributed by atoms with Gasteiger partial charge in [0.2, 0.25) is 0 Å². The molecule has 0 aliphatic carbocycles. The van der Waals surface area contributed by atoms with Gasteiger partial charge in [0, 0.05) is 40.2 Å². The predicted octanol–water partition coefficient (Wildman–Crippen LogP) is 4.02. The highest BCUT2D eigenvalue weighted by atomic mass is 79.9. The molecule has 2 heterocycles. The molecule has 1 saturated heterocycles. The van der Waals surface area contributed by atoms with Crippen molar-refractivity contribution < 1.29 is 9.13 Å². The molecule has 22 heavy (non-hydrogen) atoms. The average Bonchev–Trinajstić information content (AvgIpc) is 2.87. The number of benzene rings is 2. The largest absolute Gasteiger partial charge is 0.360 e. The first-order valence-corrected chi connectivity index (χ1v) is 7.90. The summed E-state index contributed by atoms with van der Waals surface area (Å²) >= 11 is 3.51. The van der Waals surface area contributed by atoms with Gasteiger partial charge in [-0.3, -0.25) is 0 Å². The van der Waals surface area contributed by atoms with Crippen LogP contribution in [0.1, 0.15) is 11.1 Å². The van der Waals surface area contributed by atoms with Crippen molar-refractivity contribution in [1.82, 2.24) is 4.90 Å². The van der Waals surface area contributed by atoms with Crippen LogP contribution in [-0.2, 0) is 10.5 Å². The van der Waals surface area contributed by atoms with Gasteiger partial charge in [-0.1, -0.05) is 34.1 Å². The van der Waals surface area contributed by atoms with Crippen LogP contribution in [0.25, 0.3) is 0 Å². The van der Waals surface area contributed by atoms with Crippen LogP contribution in [0.2, 0.25) is 0 Å². The number of nitrogens with one attached hydrogen (secondary N) is 1. The average molecular weight is 361 g/mol. The monoisotopic (exact) mass is 360 g/mol. The zero-order valence-electron chi connectivity index (χ0n) is 11.7. The van der Waals surface area contributed by atoms with Crippen molar-refractivity contribution in [2.45, 2.75) is 5.72 Å². The van der Waals surface area contributed by atoms with Gasteiger partial charge in [0.05, 0.1) is 6.61 Å². The molecule has 1 unspecified atom stereocenters. The molecule has 3 nitrogen and oxygen atoms in total. The third kappa shape index (κ3) is 1.89. The number of rotatable bonds is 1. The fourth-order valence-corrected chi connectivity index (χ4v) is 3.56. The van der Waals surface area contributed by atoms with Gasteiger partial charge >= 0.3 is 0 Å². The summed E-state index contributed by atoms with van der Waals surface area (Å²) in [6.07, 6.45) is 3.79. The predicted molar refractivity (Wildman–Crippen MR) is 86.7 cm³/mol. The molecule has 1 N–H and O–H groups in total. The smallest absolute Gasteiger partial charge is 0.198 e. The number of nitrogens with zero attached hydrogens (tertiary/aromatic N) is 1. The minimum atomic E-state index is -0.940. The Labute approximate surface area is 136 Å². The lowest BCUT2D eigenvalue weighted by atomic mass is 9.91. The molecule has 1 atom stereocenters. The van der Waals surface area contributed by atoms with Crippen LogP contribution in [0.3, 0.4) is 0 Å². The van der Waals surface area contributed by atoms with E-state index in [1.807, 2.05) is 41.6 Å². The van der Waals surface area contributed by atoms with Crippen LogP contribution in [0, 0.1) is 5.82 Å². The molecule has 1 fully saturated rings. The van der Waals surface area contributed by atoms with E-state index in [0.717, 1.165) is 15.7 Å². The van der Waals surface area contributed by atoms with E-state index in [1.54, 1.807) is 12.1 Å². The Bertz CT molecular complexity index is 764. The zero-order valence-corrected chi connectivity index (χ0v) is 13.3. The van der Waals surface area contributed by atoms with E-state index in [0.29, 0.717) is 18.7 Å². The minimum Gasteiger partial charge on any atom is -0.360 e. The minimum absolute atomic E-state index is 0.268. The molecular formula is C17H14BrFN2O. The molecule has 112 valence electrons. The number of halogens is 2. The van der Waals surface area contributed by atoms with Crippen LogP contribution in [0.15, 0.2) is 59.3 Å². The number of anilines is 1. The number of ether oxygens (including phenoxy) is 1. The summed E-state index contributed by atoms with van der Waals surface area (Å²) in [5, 5.41) is 3.25. The second-order valence-corrected chi connectivity index (χ2v) is 6.23. The Kier molecular flexibility index (Phi) is 3.20. The summed E-state index contributed by atoms with van der Waals surface area (Å²) in [4.78, 5) is 2.04. The maximum absolute atomic E-state index is 14.6. The van der Waals surface area contributed by atoms with Gasteiger partial charge in [0.1, 0.15) is 5.82 Å². The Hall–Kier alpha value is -1.85. The molecule has 5 heteroatoms. The first-order valence-electron chi connectivity index (χ1n) is 7.11. The van der Waals surface area contributed by atoms with E-state index < -0.39 is 5.72 Å². The highest BCUT2D eigenvalue weighted by molar-refractivity contribution is 9.10. The van der Waals surface area contributed by atoms with Crippen molar-refractivity contribution in [3.63, 3.8) is 0 Å². The van der Waals surface area contributed by atoms with Gasteiger partial charge < -0.3 is 15.0 Å². The summed E-state index contributed by atoms with van der Waals surface area (Å²) in [5.74, 6) is -0.268. The standard InChI is InChI=1S/C17H14BrFN2O/c18-12-5-6-16-14(11-12)17(13-3-1-2-4-15(13)19)21(8-7-20-16)9-10-22-17/h1-8,11,20H,9-10H2. The Morgan fingerprint density at radius 2 is 2.05 bits per heavy atom. The summed E-state index contributed by atoms with van der Waals surface area (Å²) in [6, 6.07) is 12.7. The molecule has 0 spiro atoms. The molecule has 4 rings (SSSR count). The number of fused-ring (bicyclic) bond motifs is 3. The third-order valence-corrected chi connectivity index (χ3v) is 4.62. The van der Waals surface area contributed by atoms with Gasteiger partial charge in [-0.15, -0.1) is 0 Å². The van der Waals surface area contributed by atoms with E-state index >= 15 is 0 Å². The highest BCUT2D eigenvalue weighted by Gasteiger charge is 2.48. The fraction of sp³-hybridized carbons (Fsp3) is 0.176. The molecule has 2 aliphatic heterocycles. The maximum Gasteiger partial charge on any atom is 0.198 e. The Morgan fingerprint density at radius 1 is 1.18 bits per heavy atom. The molecule has 0 amide bonds. The van der Waals surface area contributed by atoms with Crippen LogP contribution < -0.4 is 5.32 Å². The lowest BCUT2D eigenvalue weighted by molar-refractivity contribution is -0.0334. The van der Waals surface area contributed by atoms with Gasteiger partial charge in [-0.25, -0.2) is 4.39 Å². The topological polar surface area (TPSA) is 24.5 Å². The van der Waals surface area contributed by atoms with Crippen molar-refractivity contribution in [2.24, 2.45) is 0 Å². The zero-order chi connectivity index (χ0) is 15.2. The third-order valence-electron chi connectivity index (χ3n) is 4.13. The van der Waals surface area contributed by atoms with Crippen LogP contribution in [0.5, 0.6) is 0 Å². The van der Waals surface area contributed by atoms with E-state index in [1.165, 1.54) is 6.07 Å². The highest BCUT2D eigenvalue weighted by Crippen LogP contribution is 2.46. The van der Waals surface area contributed by atoms with Gasteiger partial charge in [-0.2, -0.15) is 0 Å². The van der Waals surface area contributed by atoms with E-state index in [-0.39, 0.29) is 5.82 Å². The van der Waals surface area contributed by atoms with Crippen molar-refractivity contribution in [3.8, 4) is 0 Å². The molecule has 2 aliphatic rings. The summed E-state index contributed by atoms with van der Waals surface area (Å²) in [7, 11) is 0. The lowest BCUT2D eigenvalue weighted by Gasteiger charge is -2.37. The van der Waals surface area contributed by atoms with E-state index in [2.05, 4.69) is 21.2 Å². The molecule has 2 aromatic carbocycles. The summed E-state index contributed by atoms with van der Waals surface area (Å²) in [6.45, 7) is 1.25. The van der Waals surface area contributed by atoms with Gasteiger partial charge in [0.25, 0.3) is 0 Å². The van der Waals surface area contributed by atoms with Crippen LogP contribution >= 0.6 is 15.9 Å². The molecule has 2 aromatic rings. The lowest BCUT2D eigenvalue weighted by Crippen LogP contribution is -2.40. The van der Waals surface area contributed by atoms with Crippen molar-refractivity contribution in [1.29, 1.82) is 0 Å². The first kappa shape index (κ1) is 13.8. The fourth-order valence-electron chi connectivity index (χ4n) is 3.20. The van der Waals surface area contributed by atoms with Crippen LogP contribution in [0.4, 0.5) is 10.1 Å². The molecular weight excluding hydrogens is 347 g/mol. The van der Waals surface area contributed by atoms with Gasteiger partial charge in [-0.05, 0) is 24.3 Å². The van der Waals surface area contributed by atoms with Crippen molar-refractivity contribution >= 4 is 21.6 Å². The van der Waals surface area contributed by atoms with E-state index in [9.17, 15) is 4.39 Å². The molecule has 0 radical (unpaired) electrons. The number of hydrogen-bond acceptors (Lipinski definition) is 3. The quantitative estimate of drug-likeness (QED) is 0.831. The van der Waals surface area contributed by atoms with Crippen LogP contribution in [-0.4, -0.2) is 18.1 Å². The molecule has 0 saturated carbocycles. The first-order chi connectivity index (χ1) is 10.7. The summed E-state index contributed by atoms with van der Waals surface area (Å²) < 4.78 is 21.6. The maximum atomic E-state index is 14.6. The number of hydrogen-bond donors (Lipinski definition) is 1. The van der Waals surface area contributed by atoms with Gasteiger partial charge in [0.15, 0.2) is 5.72 Å². The molecule has 0 aromatic heterocycles. The summed E-state index contributed by atoms with van der Waals surface area (Å²) in [5.41, 5.74) is 1.39. The Balaban J connectivity index is 2.04. The Morgan fingerprint density at radius 3 is 2.91 bits per heavy atom.